The van der Waals surface area contributed by atoms with Crippen molar-refractivity contribution in [3.63, 3.8) is 0 Å². The molecule has 3 N–H and O–H groups in total. The van der Waals surface area contributed by atoms with Crippen LogP contribution in [0.4, 0.5) is 10.5 Å². The number of urea groups is 1. The number of nitrogens with two attached hydrogens (primary N) is 1. The third-order valence-corrected chi connectivity index (χ3v) is 3.20. The van der Waals surface area contributed by atoms with E-state index in [0.29, 0.717) is 11.4 Å². The van der Waals surface area contributed by atoms with Crippen molar-refractivity contribution in [2.45, 2.75) is 12.8 Å². The average molecular weight is 288 g/mol. The van der Waals surface area contributed by atoms with Crippen LogP contribution in [0.2, 0.25) is 0 Å². The smallest absolute Gasteiger partial charge is 0.316 e. The number of carbonyl (C=O) groups excluding carboxylic acids is 1. The molecule has 3 rings (SSSR count). The van der Waals surface area contributed by atoms with E-state index in [1.54, 1.807) is 0 Å². The summed E-state index contributed by atoms with van der Waals surface area (Å²) >= 11 is 0. The fourth-order valence-electron chi connectivity index (χ4n) is 2.14. The van der Waals surface area contributed by atoms with Gasteiger partial charge in [0.1, 0.15) is 17.6 Å². The maximum absolute atomic E-state index is 10.7. The second-order valence-corrected chi connectivity index (χ2v) is 4.94. The van der Waals surface area contributed by atoms with Gasteiger partial charge < -0.3 is 20.5 Å². The quantitative estimate of drug-likeness (QED) is 0.889. The van der Waals surface area contributed by atoms with Crippen LogP contribution in [0.25, 0.3) is 11.3 Å². The predicted octanol–water partition coefficient (Wildman–Crippen LogP) is 2.54. The summed E-state index contributed by atoms with van der Waals surface area (Å²) in [7, 11) is 2.17. The number of primary amides is 1. The van der Waals surface area contributed by atoms with Gasteiger partial charge in [-0.15, -0.1) is 0 Å². The van der Waals surface area contributed by atoms with E-state index in [1.807, 2.05) is 30.3 Å². The molecule has 1 aromatic heterocycles. The normalized spacial score (nSPS) is 14.3. The van der Waals surface area contributed by atoms with Gasteiger partial charge in [-0.05, 0) is 33.0 Å². The lowest BCUT2D eigenvalue weighted by molar-refractivity contribution is 0.259. The third kappa shape index (κ3) is 4.61. The Balaban J connectivity index is 0.000000225. The van der Waals surface area contributed by atoms with Gasteiger partial charge in [0.05, 0.1) is 0 Å². The van der Waals surface area contributed by atoms with Gasteiger partial charge in [0.25, 0.3) is 0 Å². The molecule has 112 valence electrons. The molecule has 1 saturated heterocycles. The van der Waals surface area contributed by atoms with Crippen LogP contribution in [0.3, 0.4) is 0 Å². The summed E-state index contributed by atoms with van der Waals surface area (Å²) in [6, 6.07) is 8.73. The molecule has 0 saturated carbocycles. The molecule has 0 atom stereocenters. The number of nitrogens with zero attached hydrogens (tertiary/aromatic N) is 2. The first kappa shape index (κ1) is 15.1. The van der Waals surface area contributed by atoms with Crippen molar-refractivity contribution in [2.75, 3.05) is 25.5 Å². The van der Waals surface area contributed by atoms with Gasteiger partial charge in [0.15, 0.2) is 0 Å². The molecule has 0 aliphatic carbocycles. The first-order valence-corrected chi connectivity index (χ1v) is 6.91. The molecule has 1 aliphatic rings. The van der Waals surface area contributed by atoms with Gasteiger partial charge in [-0.1, -0.05) is 35.5 Å². The Morgan fingerprint density at radius 1 is 1.29 bits per heavy atom. The van der Waals surface area contributed by atoms with Crippen LogP contribution < -0.4 is 11.1 Å². The number of nitrogens with one attached hydrogen (secondary N) is 1. The molecule has 1 fully saturated rings. The number of aromatic nitrogens is 1. The van der Waals surface area contributed by atoms with Crippen molar-refractivity contribution in [3.8, 4) is 11.3 Å². The minimum absolute atomic E-state index is 0.466. The molecule has 2 heterocycles. The van der Waals surface area contributed by atoms with Gasteiger partial charge in [0.2, 0.25) is 0 Å². The van der Waals surface area contributed by atoms with E-state index in [2.05, 4.69) is 22.4 Å². The number of hydrogen-bond acceptors (Lipinski definition) is 4. The van der Waals surface area contributed by atoms with Crippen molar-refractivity contribution < 1.29 is 9.32 Å². The number of rotatable bonds is 2. The van der Waals surface area contributed by atoms with E-state index in [9.17, 15) is 4.79 Å². The summed E-state index contributed by atoms with van der Waals surface area (Å²) in [5.41, 5.74) is 6.90. The molecule has 2 aromatic rings. The largest absolute Gasteiger partial charge is 0.362 e. The Labute approximate surface area is 123 Å². The van der Waals surface area contributed by atoms with Gasteiger partial charge in [0, 0.05) is 5.56 Å². The highest BCUT2D eigenvalue weighted by Gasteiger charge is 2.10. The molecule has 6 heteroatoms. The third-order valence-electron chi connectivity index (χ3n) is 3.20. The zero-order valence-electron chi connectivity index (χ0n) is 12.1. The van der Waals surface area contributed by atoms with E-state index in [4.69, 9.17) is 10.3 Å². The highest BCUT2D eigenvalue weighted by atomic mass is 16.5. The van der Waals surface area contributed by atoms with Crippen molar-refractivity contribution in [1.29, 1.82) is 0 Å². The lowest BCUT2D eigenvalue weighted by Crippen LogP contribution is -2.19. The van der Waals surface area contributed by atoms with Crippen LogP contribution in [-0.2, 0) is 0 Å². The molecule has 0 unspecified atom stereocenters. The monoisotopic (exact) mass is 288 g/mol. The zero-order chi connectivity index (χ0) is 15.1. The summed E-state index contributed by atoms with van der Waals surface area (Å²) < 4.78 is 4.78. The first-order valence-electron chi connectivity index (χ1n) is 6.91. The van der Waals surface area contributed by atoms with Gasteiger partial charge in [-0.3, -0.25) is 0 Å². The topological polar surface area (TPSA) is 84.4 Å². The molecule has 21 heavy (non-hydrogen) atoms. The maximum atomic E-state index is 10.7. The number of hydrogen-bond donors (Lipinski definition) is 2. The van der Waals surface area contributed by atoms with Crippen molar-refractivity contribution in [1.82, 2.24) is 10.1 Å². The van der Waals surface area contributed by atoms with Crippen LogP contribution in [0.5, 0.6) is 0 Å². The van der Waals surface area contributed by atoms with E-state index in [0.717, 1.165) is 5.56 Å². The maximum Gasteiger partial charge on any atom is 0.316 e. The molecular formula is C15H20N4O2. The van der Waals surface area contributed by atoms with E-state index in [-0.39, 0.29) is 0 Å². The highest BCUT2D eigenvalue weighted by molar-refractivity contribution is 5.91. The molecule has 1 aliphatic heterocycles. The molecule has 0 spiro atoms. The Morgan fingerprint density at radius 2 is 1.95 bits per heavy atom. The van der Waals surface area contributed by atoms with Gasteiger partial charge in [-0.25, -0.2) is 4.79 Å². The van der Waals surface area contributed by atoms with Crippen LogP contribution in [0.15, 0.2) is 41.1 Å². The minimum Gasteiger partial charge on any atom is -0.362 e. The van der Waals surface area contributed by atoms with Crippen LogP contribution in [-0.4, -0.2) is 36.2 Å². The number of anilines is 1. The second-order valence-electron chi connectivity index (χ2n) is 4.94. The molecular weight excluding hydrogens is 268 g/mol. The SMILES string of the molecule is CN1CCCC1.NC(=O)Nc1conc1-c1ccccc1. The zero-order valence-corrected chi connectivity index (χ0v) is 12.1. The number of likely N-dealkylation sites (tertiary alicyclic amines) is 1. The van der Waals surface area contributed by atoms with Crippen molar-refractivity contribution in [2.24, 2.45) is 5.73 Å². The summed E-state index contributed by atoms with van der Waals surface area (Å²) in [6.07, 6.45) is 4.17. The van der Waals surface area contributed by atoms with Crippen LogP contribution in [0.1, 0.15) is 12.8 Å². The molecule has 6 nitrogen and oxygen atoms in total. The predicted molar refractivity (Wildman–Crippen MR) is 81.9 cm³/mol. The fourth-order valence-corrected chi connectivity index (χ4v) is 2.14. The molecule has 0 bridgehead atoms. The van der Waals surface area contributed by atoms with Gasteiger partial charge in [-0.2, -0.15) is 0 Å². The first-order chi connectivity index (χ1) is 10.2. The lowest BCUT2D eigenvalue weighted by atomic mass is 10.1. The molecule has 1 aromatic carbocycles. The van der Waals surface area contributed by atoms with Crippen LogP contribution >= 0.6 is 0 Å². The Bertz CT molecular complexity index is 562. The molecule has 2 amide bonds. The van der Waals surface area contributed by atoms with Crippen molar-refractivity contribution in [3.05, 3.63) is 36.6 Å². The average Bonchev–Trinajstić information content (AvgIpc) is 3.11. The number of carbonyl (C=O) groups is 1. The molecule has 0 radical (unpaired) electrons. The summed E-state index contributed by atoms with van der Waals surface area (Å²) in [6.45, 7) is 2.64. The summed E-state index contributed by atoms with van der Waals surface area (Å²) in [5, 5.41) is 6.23. The minimum atomic E-state index is -0.643. The highest BCUT2D eigenvalue weighted by Crippen LogP contribution is 2.25. The standard InChI is InChI=1S/C10H9N3O2.C5H11N/c11-10(14)12-8-6-15-13-9(8)7-4-2-1-3-5-7;1-6-4-2-3-5-6/h1-6H,(H3,11,12,14);2-5H2,1H3. The number of benzene rings is 1. The van der Waals surface area contributed by atoms with Gasteiger partial charge >= 0.3 is 6.03 Å². The fraction of sp³-hybridized carbons (Fsp3) is 0.333. The summed E-state index contributed by atoms with van der Waals surface area (Å²) in [5.74, 6) is 0. The van der Waals surface area contributed by atoms with E-state index < -0.39 is 6.03 Å². The summed E-state index contributed by atoms with van der Waals surface area (Å²) in [4.78, 5) is 13.1. The van der Waals surface area contributed by atoms with Crippen molar-refractivity contribution >= 4 is 11.7 Å². The van der Waals surface area contributed by atoms with E-state index >= 15 is 0 Å². The lowest BCUT2D eigenvalue weighted by Gasteiger charge is -2.01. The second kappa shape index (κ2) is 7.44. The van der Waals surface area contributed by atoms with Crippen LogP contribution in [0, 0.1) is 0 Å². The Kier molecular flexibility index (Phi) is 5.34. The van der Waals surface area contributed by atoms with E-state index in [1.165, 1.54) is 32.2 Å². The Hall–Kier alpha value is -2.34. The Morgan fingerprint density at radius 3 is 2.48 bits per heavy atom. The number of amides is 2.